The lowest BCUT2D eigenvalue weighted by molar-refractivity contribution is 0.227. The number of rotatable bonds is 4. The van der Waals surface area contributed by atoms with E-state index in [2.05, 4.69) is 38.1 Å². The maximum Gasteiger partial charge on any atom is 0.00705 e. The minimum Gasteiger partial charge on any atom is -0.327 e. The van der Waals surface area contributed by atoms with Crippen LogP contribution in [0.5, 0.6) is 0 Å². The van der Waals surface area contributed by atoms with Crippen molar-refractivity contribution in [2.45, 2.75) is 58.4 Å². The van der Waals surface area contributed by atoms with E-state index in [0.29, 0.717) is 12.0 Å². The van der Waals surface area contributed by atoms with E-state index < -0.39 is 0 Å². The van der Waals surface area contributed by atoms with E-state index in [4.69, 9.17) is 5.73 Å². The molecule has 1 aromatic rings. The van der Waals surface area contributed by atoms with Gasteiger partial charge in [-0.3, -0.25) is 0 Å². The summed E-state index contributed by atoms with van der Waals surface area (Å²) in [6.07, 6.45) is 7.49. The van der Waals surface area contributed by atoms with E-state index in [1.165, 1.54) is 43.2 Å². The second kappa shape index (κ2) is 6.38. The van der Waals surface area contributed by atoms with Crippen LogP contribution < -0.4 is 5.73 Å². The van der Waals surface area contributed by atoms with E-state index in [0.717, 1.165) is 12.3 Å². The molecule has 1 nitrogen and oxygen atoms in total. The molecule has 18 heavy (non-hydrogen) atoms. The van der Waals surface area contributed by atoms with Gasteiger partial charge in [-0.05, 0) is 55.1 Å². The number of benzene rings is 1. The topological polar surface area (TPSA) is 26.0 Å². The van der Waals surface area contributed by atoms with E-state index >= 15 is 0 Å². The Morgan fingerprint density at radius 3 is 2.33 bits per heavy atom. The number of nitrogens with two attached hydrogens (primary N) is 1. The number of hydrogen-bond acceptors (Lipinski definition) is 1. The molecule has 0 amide bonds. The maximum absolute atomic E-state index is 6.30. The summed E-state index contributed by atoms with van der Waals surface area (Å²) in [5, 5.41) is 0. The SMILES string of the molecule is CCc1ccc(CC2CC(CC)CCC2N)cc1. The standard InChI is InChI=1S/C17H27N/c1-3-13-5-7-15(8-6-13)12-16-11-14(4-2)9-10-17(16)18/h5-8,14,16-17H,3-4,9-12,18H2,1-2H3. The van der Waals surface area contributed by atoms with Gasteiger partial charge in [-0.1, -0.05) is 44.5 Å². The fourth-order valence-electron chi connectivity index (χ4n) is 3.20. The van der Waals surface area contributed by atoms with Gasteiger partial charge in [0.2, 0.25) is 0 Å². The van der Waals surface area contributed by atoms with Crippen molar-refractivity contribution in [2.24, 2.45) is 17.6 Å². The summed E-state index contributed by atoms with van der Waals surface area (Å²) in [6.45, 7) is 4.52. The molecule has 100 valence electrons. The molecular weight excluding hydrogens is 218 g/mol. The Kier molecular flexibility index (Phi) is 4.82. The minimum absolute atomic E-state index is 0.415. The van der Waals surface area contributed by atoms with Gasteiger partial charge in [0, 0.05) is 6.04 Å². The molecule has 2 N–H and O–H groups in total. The van der Waals surface area contributed by atoms with Gasteiger partial charge in [0.05, 0.1) is 0 Å². The summed E-state index contributed by atoms with van der Waals surface area (Å²) in [6, 6.07) is 9.53. The van der Waals surface area contributed by atoms with Gasteiger partial charge < -0.3 is 5.73 Å². The molecule has 0 heterocycles. The molecule has 1 aliphatic carbocycles. The highest BCUT2D eigenvalue weighted by Crippen LogP contribution is 2.32. The van der Waals surface area contributed by atoms with Crippen molar-refractivity contribution in [1.29, 1.82) is 0 Å². The van der Waals surface area contributed by atoms with Gasteiger partial charge in [-0.25, -0.2) is 0 Å². The van der Waals surface area contributed by atoms with Crippen LogP contribution in [0.15, 0.2) is 24.3 Å². The molecule has 0 bridgehead atoms. The third-order valence-electron chi connectivity index (χ3n) is 4.66. The van der Waals surface area contributed by atoms with Crippen molar-refractivity contribution < 1.29 is 0 Å². The van der Waals surface area contributed by atoms with Crippen LogP contribution in [0.25, 0.3) is 0 Å². The van der Waals surface area contributed by atoms with E-state index in [1.807, 2.05) is 0 Å². The average molecular weight is 245 g/mol. The van der Waals surface area contributed by atoms with E-state index in [1.54, 1.807) is 0 Å². The minimum atomic E-state index is 0.415. The van der Waals surface area contributed by atoms with Crippen LogP contribution in [0.1, 0.15) is 50.7 Å². The smallest absolute Gasteiger partial charge is 0.00705 e. The Morgan fingerprint density at radius 2 is 1.72 bits per heavy atom. The highest BCUT2D eigenvalue weighted by atomic mass is 14.7. The fraction of sp³-hybridized carbons (Fsp3) is 0.647. The van der Waals surface area contributed by atoms with Crippen LogP contribution >= 0.6 is 0 Å². The first-order valence-corrected chi connectivity index (χ1v) is 7.56. The molecule has 2 rings (SSSR count). The number of hydrogen-bond donors (Lipinski definition) is 1. The first kappa shape index (κ1) is 13.6. The summed E-state index contributed by atoms with van der Waals surface area (Å²) in [4.78, 5) is 0. The summed E-state index contributed by atoms with van der Waals surface area (Å²) in [5.41, 5.74) is 9.19. The molecule has 3 unspecified atom stereocenters. The number of aryl methyl sites for hydroxylation is 1. The second-order valence-electron chi connectivity index (χ2n) is 5.89. The quantitative estimate of drug-likeness (QED) is 0.854. The second-order valence-corrected chi connectivity index (χ2v) is 5.89. The molecule has 1 heteroatoms. The van der Waals surface area contributed by atoms with Crippen LogP contribution in [0.4, 0.5) is 0 Å². The van der Waals surface area contributed by atoms with Crippen LogP contribution in [0, 0.1) is 11.8 Å². The van der Waals surface area contributed by atoms with Crippen molar-refractivity contribution in [1.82, 2.24) is 0 Å². The zero-order chi connectivity index (χ0) is 13.0. The molecule has 1 fully saturated rings. The van der Waals surface area contributed by atoms with Gasteiger partial charge in [0.1, 0.15) is 0 Å². The summed E-state index contributed by atoms with van der Waals surface area (Å²) in [5.74, 6) is 1.60. The normalized spacial score (nSPS) is 28.3. The van der Waals surface area contributed by atoms with Gasteiger partial charge in [0.25, 0.3) is 0 Å². The highest BCUT2D eigenvalue weighted by Gasteiger charge is 2.27. The lowest BCUT2D eigenvalue weighted by atomic mass is 9.75. The lowest BCUT2D eigenvalue weighted by Gasteiger charge is -2.34. The average Bonchev–Trinajstić information content (AvgIpc) is 2.42. The van der Waals surface area contributed by atoms with Crippen molar-refractivity contribution in [3.8, 4) is 0 Å². The molecule has 1 saturated carbocycles. The zero-order valence-electron chi connectivity index (χ0n) is 11.9. The largest absolute Gasteiger partial charge is 0.327 e. The van der Waals surface area contributed by atoms with Crippen molar-refractivity contribution in [3.05, 3.63) is 35.4 Å². The molecule has 1 aliphatic rings. The highest BCUT2D eigenvalue weighted by molar-refractivity contribution is 5.23. The molecule has 0 radical (unpaired) electrons. The Morgan fingerprint density at radius 1 is 1.06 bits per heavy atom. The van der Waals surface area contributed by atoms with E-state index in [9.17, 15) is 0 Å². The lowest BCUT2D eigenvalue weighted by Crippen LogP contribution is -2.37. The van der Waals surface area contributed by atoms with E-state index in [-0.39, 0.29) is 0 Å². The fourth-order valence-corrected chi connectivity index (χ4v) is 3.20. The first-order valence-electron chi connectivity index (χ1n) is 7.56. The molecular formula is C17H27N. The van der Waals surface area contributed by atoms with Gasteiger partial charge in [-0.2, -0.15) is 0 Å². The first-order chi connectivity index (χ1) is 8.72. The van der Waals surface area contributed by atoms with Gasteiger partial charge in [0.15, 0.2) is 0 Å². The van der Waals surface area contributed by atoms with Gasteiger partial charge in [-0.15, -0.1) is 0 Å². The van der Waals surface area contributed by atoms with Crippen molar-refractivity contribution >= 4 is 0 Å². The molecule has 1 aromatic carbocycles. The van der Waals surface area contributed by atoms with Crippen LogP contribution in [0.3, 0.4) is 0 Å². The summed E-state index contributed by atoms with van der Waals surface area (Å²) < 4.78 is 0. The van der Waals surface area contributed by atoms with Crippen molar-refractivity contribution in [3.63, 3.8) is 0 Å². The molecule has 0 saturated heterocycles. The summed E-state index contributed by atoms with van der Waals surface area (Å²) in [7, 11) is 0. The third kappa shape index (κ3) is 3.35. The molecule has 0 aromatic heterocycles. The predicted octanol–water partition coefficient (Wildman–Crippen LogP) is 3.95. The molecule has 0 aliphatic heterocycles. The predicted molar refractivity (Wildman–Crippen MR) is 78.6 cm³/mol. The Labute approximate surface area is 112 Å². The Bertz CT molecular complexity index is 354. The Balaban J connectivity index is 1.97. The Hall–Kier alpha value is -0.820. The van der Waals surface area contributed by atoms with Crippen LogP contribution in [-0.4, -0.2) is 6.04 Å². The van der Waals surface area contributed by atoms with Crippen LogP contribution in [0.2, 0.25) is 0 Å². The monoisotopic (exact) mass is 245 g/mol. The van der Waals surface area contributed by atoms with Crippen LogP contribution in [-0.2, 0) is 12.8 Å². The summed E-state index contributed by atoms with van der Waals surface area (Å²) >= 11 is 0. The third-order valence-corrected chi connectivity index (χ3v) is 4.66. The molecule has 3 atom stereocenters. The zero-order valence-corrected chi connectivity index (χ0v) is 11.9. The maximum atomic E-state index is 6.30. The molecule has 0 spiro atoms. The van der Waals surface area contributed by atoms with Crippen molar-refractivity contribution in [2.75, 3.05) is 0 Å². The van der Waals surface area contributed by atoms with Gasteiger partial charge >= 0.3 is 0 Å².